The number of thiophene rings is 2. The summed E-state index contributed by atoms with van der Waals surface area (Å²) in [5.74, 6) is 0. The van der Waals surface area contributed by atoms with Gasteiger partial charge in [0.25, 0.3) is 0 Å². The molecular weight excluding hydrogens is 516 g/mol. The second kappa shape index (κ2) is 9.00. The maximum atomic E-state index is 6.87. The molecule has 6 rings (SSSR count). The lowest BCUT2D eigenvalue weighted by Gasteiger charge is -2.22. The molecule has 5 aromatic rings. The molecule has 0 aliphatic carbocycles. The van der Waals surface area contributed by atoms with Gasteiger partial charge in [-0.25, -0.2) is 0 Å². The summed E-state index contributed by atoms with van der Waals surface area (Å²) in [4.78, 5) is 6.92. The molecule has 0 saturated heterocycles. The van der Waals surface area contributed by atoms with Crippen molar-refractivity contribution < 1.29 is 0 Å². The predicted molar refractivity (Wildman–Crippen MR) is 167 cm³/mol. The monoisotopic (exact) mass is 542 g/mol. The molecular formula is C30H27N2PS3. The van der Waals surface area contributed by atoms with E-state index in [0.717, 1.165) is 0 Å². The van der Waals surface area contributed by atoms with Crippen molar-refractivity contribution in [1.29, 1.82) is 0 Å². The molecule has 0 bridgehead atoms. The molecule has 0 saturated carbocycles. The summed E-state index contributed by atoms with van der Waals surface area (Å²) < 4.78 is 0. The van der Waals surface area contributed by atoms with Gasteiger partial charge in [-0.15, -0.1) is 22.7 Å². The van der Waals surface area contributed by atoms with Gasteiger partial charge < -0.3 is 9.80 Å². The van der Waals surface area contributed by atoms with Crippen LogP contribution in [0.15, 0.2) is 89.6 Å². The summed E-state index contributed by atoms with van der Waals surface area (Å²) in [6.45, 7) is 0. The van der Waals surface area contributed by atoms with Crippen molar-refractivity contribution in [2.24, 2.45) is 0 Å². The predicted octanol–water partition coefficient (Wildman–Crippen LogP) is 7.01. The molecule has 2 aromatic heterocycles. The van der Waals surface area contributed by atoms with Crippen LogP contribution in [0.4, 0.5) is 11.4 Å². The maximum absolute atomic E-state index is 6.87. The van der Waals surface area contributed by atoms with Gasteiger partial charge in [-0.2, -0.15) is 0 Å². The van der Waals surface area contributed by atoms with Gasteiger partial charge in [0.15, 0.2) is 0 Å². The van der Waals surface area contributed by atoms with Crippen LogP contribution in [-0.4, -0.2) is 28.2 Å². The molecule has 1 aliphatic heterocycles. The van der Waals surface area contributed by atoms with Gasteiger partial charge >= 0.3 is 0 Å². The number of nitrogens with zero attached hydrogens (tertiary/aromatic N) is 2. The van der Waals surface area contributed by atoms with E-state index >= 15 is 0 Å². The zero-order valence-electron chi connectivity index (χ0n) is 20.7. The molecule has 0 radical (unpaired) electrons. The fraction of sp³-hybridized carbons (Fsp3) is 0.133. The lowest BCUT2D eigenvalue weighted by atomic mass is 10.1. The molecule has 3 aromatic carbocycles. The van der Waals surface area contributed by atoms with Crippen LogP contribution >= 0.6 is 28.7 Å². The van der Waals surface area contributed by atoms with E-state index in [1.807, 2.05) is 22.7 Å². The van der Waals surface area contributed by atoms with Crippen LogP contribution < -0.4 is 25.7 Å². The highest BCUT2D eigenvalue weighted by Crippen LogP contribution is 2.59. The van der Waals surface area contributed by atoms with Crippen LogP contribution in [0.5, 0.6) is 0 Å². The van der Waals surface area contributed by atoms with E-state index in [1.165, 1.54) is 59.3 Å². The molecule has 0 amide bonds. The Bertz CT molecular complexity index is 1490. The van der Waals surface area contributed by atoms with E-state index in [2.05, 4.69) is 128 Å². The topological polar surface area (TPSA) is 6.48 Å². The number of rotatable bonds is 5. The molecule has 0 fully saturated rings. The van der Waals surface area contributed by atoms with E-state index in [0.29, 0.717) is 0 Å². The van der Waals surface area contributed by atoms with Crippen LogP contribution in [0, 0.1) is 0 Å². The van der Waals surface area contributed by atoms with E-state index in [1.54, 1.807) is 0 Å². The molecule has 0 unspecified atom stereocenters. The van der Waals surface area contributed by atoms with E-state index in [4.69, 9.17) is 11.8 Å². The SMILES string of the molecule is CN(C)c1ccc(-c2scc3c2P(=S)(c2ccccc2)c2c-3csc2-c2ccc(N(C)C)cc2)cc1. The first-order chi connectivity index (χ1) is 17.4. The van der Waals surface area contributed by atoms with Gasteiger partial charge in [0.2, 0.25) is 0 Å². The zero-order valence-corrected chi connectivity index (χ0v) is 24.1. The molecule has 0 N–H and O–H groups in total. The minimum Gasteiger partial charge on any atom is -0.378 e. The van der Waals surface area contributed by atoms with E-state index < -0.39 is 6.04 Å². The van der Waals surface area contributed by atoms with Crippen LogP contribution in [0.25, 0.3) is 32.0 Å². The zero-order chi connectivity index (χ0) is 25.0. The summed E-state index contributed by atoms with van der Waals surface area (Å²) in [5.41, 5.74) is 7.58. The van der Waals surface area contributed by atoms with Gasteiger partial charge in [-0.3, -0.25) is 0 Å². The van der Waals surface area contributed by atoms with Gasteiger partial charge in [0.1, 0.15) is 0 Å². The second-order valence-corrected chi connectivity index (χ2v) is 15.5. The number of hydrogen-bond donors (Lipinski definition) is 0. The summed E-state index contributed by atoms with van der Waals surface area (Å²) in [6.07, 6.45) is 0. The fourth-order valence-corrected chi connectivity index (χ4v) is 13.3. The van der Waals surface area contributed by atoms with Gasteiger partial charge in [0.05, 0.1) is 0 Å². The van der Waals surface area contributed by atoms with Crippen molar-refractivity contribution >= 4 is 67.8 Å². The van der Waals surface area contributed by atoms with Crippen molar-refractivity contribution in [3.8, 4) is 32.0 Å². The Hall–Kier alpha value is -2.69. The molecule has 36 heavy (non-hydrogen) atoms. The summed E-state index contributed by atoms with van der Waals surface area (Å²) in [7, 11) is 8.32. The average molecular weight is 543 g/mol. The van der Waals surface area contributed by atoms with Gasteiger partial charge in [-0.1, -0.05) is 66.4 Å². The van der Waals surface area contributed by atoms with Gasteiger partial charge in [0, 0.05) is 77.1 Å². The molecule has 180 valence electrons. The lowest BCUT2D eigenvalue weighted by molar-refractivity contribution is 1.13. The summed E-state index contributed by atoms with van der Waals surface area (Å²) in [5, 5.41) is 8.69. The second-order valence-electron chi connectivity index (χ2n) is 9.48. The number of anilines is 2. The largest absolute Gasteiger partial charge is 0.378 e. The Balaban J connectivity index is 1.57. The normalized spacial score (nSPS) is 13.3. The quantitative estimate of drug-likeness (QED) is 0.216. The third kappa shape index (κ3) is 3.61. The van der Waals surface area contributed by atoms with Crippen molar-refractivity contribution in [3.63, 3.8) is 0 Å². The Morgan fingerprint density at radius 1 is 0.583 bits per heavy atom. The lowest BCUT2D eigenvalue weighted by Crippen LogP contribution is -2.21. The van der Waals surface area contributed by atoms with E-state index in [-0.39, 0.29) is 0 Å². The fourth-order valence-electron chi connectivity index (χ4n) is 4.95. The first-order valence-electron chi connectivity index (χ1n) is 11.8. The third-order valence-electron chi connectivity index (χ3n) is 6.86. The summed E-state index contributed by atoms with van der Waals surface area (Å²) >= 11 is 10.5. The maximum Gasteiger partial charge on any atom is 0.0440 e. The van der Waals surface area contributed by atoms with Crippen molar-refractivity contribution in [1.82, 2.24) is 0 Å². The van der Waals surface area contributed by atoms with Crippen LogP contribution in [0.1, 0.15) is 0 Å². The highest BCUT2D eigenvalue weighted by molar-refractivity contribution is 8.26. The molecule has 3 heterocycles. The molecule has 2 nitrogen and oxygen atoms in total. The Morgan fingerprint density at radius 3 is 1.39 bits per heavy atom. The molecule has 0 atom stereocenters. The van der Waals surface area contributed by atoms with Crippen LogP contribution in [-0.2, 0) is 11.8 Å². The highest BCUT2D eigenvalue weighted by atomic mass is 32.4. The standard InChI is InChI=1S/C30H27N2PS3/c1-31(2)22-14-10-20(11-15-22)29-27-25(18-35-29)26-19-36-30(21-12-16-23(17-13-21)32(3)4)28(26)33(27,34)24-8-6-5-7-9-24/h5-19H,1-4H3. The minimum atomic E-state index is -2.24. The minimum absolute atomic E-state index is 1.21. The Morgan fingerprint density at radius 2 is 1.00 bits per heavy atom. The third-order valence-corrected chi connectivity index (χ3v) is 14.2. The van der Waals surface area contributed by atoms with Crippen molar-refractivity contribution in [3.05, 3.63) is 89.6 Å². The highest BCUT2D eigenvalue weighted by Gasteiger charge is 2.42. The number of hydrogen-bond acceptors (Lipinski definition) is 5. The smallest absolute Gasteiger partial charge is 0.0440 e. The van der Waals surface area contributed by atoms with Crippen LogP contribution in [0.2, 0.25) is 0 Å². The number of benzene rings is 3. The Labute approximate surface area is 226 Å². The average Bonchev–Trinajstić information content (AvgIpc) is 3.59. The van der Waals surface area contributed by atoms with Crippen LogP contribution in [0.3, 0.4) is 0 Å². The molecule has 1 aliphatic rings. The first-order valence-corrected chi connectivity index (χ1v) is 16.4. The van der Waals surface area contributed by atoms with E-state index in [9.17, 15) is 0 Å². The van der Waals surface area contributed by atoms with Crippen molar-refractivity contribution in [2.45, 2.75) is 0 Å². The van der Waals surface area contributed by atoms with Gasteiger partial charge in [-0.05, 0) is 51.5 Å². The number of fused-ring (bicyclic) bond motifs is 3. The first kappa shape index (κ1) is 23.7. The molecule has 6 heteroatoms. The van der Waals surface area contributed by atoms with Crippen molar-refractivity contribution in [2.75, 3.05) is 38.0 Å². The molecule has 0 spiro atoms. The Kier molecular flexibility index (Phi) is 5.93. The summed E-state index contributed by atoms with van der Waals surface area (Å²) in [6, 6.07) is 26.4.